The molecule has 1 atom stereocenters. The van der Waals surface area contributed by atoms with Crippen LogP contribution in [0.2, 0.25) is 0 Å². The van der Waals surface area contributed by atoms with Gasteiger partial charge in [-0.25, -0.2) is 0 Å². The quantitative estimate of drug-likeness (QED) is 0.432. The summed E-state index contributed by atoms with van der Waals surface area (Å²) in [4.78, 5) is 23.9. The van der Waals surface area contributed by atoms with Crippen molar-refractivity contribution in [3.63, 3.8) is 0 Å². The van der Waals surface area contributed by atoms with Crippen molar-refractivity contribution in [1.29, 1.82) is 0 Å². The van der Waals surface area contributed by atoms with Crippen molar-refractivity contribution in [3.05, 3.63) is 48.0 Å². The van der Waals surface area contributed by atoms with Gasteiger partial charge in [0, 0.05) is 0 Å². The number of alkyl halides is 1. The van der Waals surface area contributed by atoms with Gasteiger partial charge in [-0.15, -0.1) is 0 Å². The van der Waals surface area contributed by atoms with E-state index in [0.29, 0.717) is 0 Å². The molecular weight excluding hydrogens is 360 g/mol. The maximum atomic E-state index is 12.2. The average molecular weight is 379 g/mol. The molecule has 0 aromatic heterocycles. The van der Waals surface area contributed by atoms with Gasteiger partial charge >= 0.3 is 11.9 Å². The van der Waals surface area contributed by atoms with Gasteiger partial charge < -0.3 is 9.47 Å². The van der Waals surface area contributed by atoms with Crippen molar-refractivity contribution in [2.75, 3.05) is 13.2 Å². The van der Waals surface area contributed by atoms with Crippen LogP contribution in [-0.4, -0.2) is 25.2 Å². The van der Waals surface area contributed by atoms with Crippen LogP contribution in [0.5, 0.6) is 0 Å². The standard InChI is InChI=1S/C18H19BrO4/c1-3-22-17(20)15(18(21)23-4-2)16(19)14-10-9-12-7-5-6-8-13(12)11-14/h5-11,15-16H,3-4H2,1-2H3. The molecule has 0 saturated heterocycles. The number of rotatable bonds is 6. The number of carbonyl (C=O) groups is 2. The molecule has 0 fully saturated rings. The molecule has 23 heavy (non-hydrogen) atoms. The molecule has 0 bridgehead atoms. The average Bonchev–Trinajstić information content (AvgIpc) is 2.55. The molecular formula is C18H19BrO4. The number of esters is 2. The van der Waals surface area contributed by atoms with Gasteiger partial charge in [-0.3, -0.25) is 9.59 Å². The van der Waals surface area contributed by atoms with Gasteiger partial charge in [0.05, 0.1) is 18.0 Å². The molecule has 0 aliphatic heterocycles. The topological polar surface area (TPSA) is 52.6 Å². The van der Waals surface area contributed by atoms with Crippen LogP contribution < -0.4 is 0 Å². The van der Waals surface area contributed by atoms with Crippen LogP contribution in [-0.2, 0) is 19.1 Å². The van der Waals surface area contributed by atoms with Gasteiger partial charge in [-0.05, 0) is 36.2 Å². The van der Waals surface area contributed by atoms with Gasteiger partial charge in [-0.2, -0.15) is 0 Å². The lowest BCUT2D eigenvalue weighted by atomic mass is 9.97. The lowest BCUT2D eigenvalue weighted by molar-refractivity contribution is -0.161. The van der Waals surface area contributed by atoms with Crippen molar-refractivity contribution in [3.8, 4) is 0 Å². The van der Waals surface area contributed by atoms with E-state index in [1.807, 2.05) is 42.5 Å². The first-order valence-corrected chi connectivity index (χ1v) is 8.46. The number of halogens is 1. The zero-order valence-corrected chi connectivity index (χ0v) is 14.7. The monoisotopic (exact) mass is 378 g/mol. The van der Waals surface area contributed by atoms with Crippen LogP contribution in [0, 0.1) is 5.92 Å². The van der Waals surface area contributed by atoms with Gasteiger partial charge in [-0.1, -0.05) is 52.3 Å². The molecule has 4 nitrogen and oxygen atoms in total. The summed E-state index contributed by atoms with van der Waals surface area (Å²) in [6.07, 6.45) is 0. The van der Waals surface area contributed by atoms with Crippen molar-refractivity contribution >= 4 is 38.6 Å². The molecule has 0 N–H and O–H groups in total. The molecule has 5 heteroatoms. The van der Waals surface area contributed by atoms with E-state index in [1.165, 1.54) is 0 Å². The Balaban J connectivity index is 2.35. The van der Waals surface area contributed by atoms with Crippen LogP contribution in [0.4, 0.5) is 0 Å². The Hall–Kier alpha value is -1.88. The fourth-order valence-electron chi connectivity index (χ4n) is 2.37. The molecule has 0 aliphatic carbocycles. The summed E-state index contributed by atoms with van der Waals surface area (Å²) in [6, 6.07) is 13.7. The number of carbonyl (C=O) groups excluding carboxylic acids is 2. The highest BCUT2D eigenvalue weighted by Gasteiger charge is 2.37. The first-order chi connectivity index (χ1) is 11.1. The smallest absolute Gasteiger partial charge is 0.321 e. The summed E-state index contributed by atoms with van der Waals surface area (Å²) < 4.78 is 10.1. The molecule has 1 unspecified atom stereocenters. The number of benzene rings is 2. The lowest BCUT2D eigenvalue weighted by Crippen LogP contribution is -2.31. The van der Waals surface area contributed by atoms with Crippen LogP contribution in [0.3, 0.4) is 0 Å². The number of hydrogen-bond donors (Lipinski definition) is 0. The molecule has 0 amide bonds. The van der Waals surface area contributed by atoms with Crippen LogP contribution in [0.15, 0.2) is 42.5 Å². The molecule has 2 rings (SSSR count). The van der Waals surface area contributed by atoms with E-state index in [-0.39, 0.29) is 13.2 Å². The van der Waals surface area contributed by atoms with E-state index >= 15 is 0 Å². The van der Waals surface area contributed by atoms with Gasteiger partial charge in [0.2, 0.25) is 0 Å². The highest BCUT2D eigenvalue weighted by Crippen LogP contribution is 2.34. The Labute approximate surface area is 143 Å². The van der Waals surface area contributed by atoms with Gasteiger partial charge in [0.1, 0.15) is 0 Å². The van der Waals surface area contributed by atoms with Crippen molar-refractivity contribution < 1.29 is 19.1 Å². The largest absolute Gasteiger partial charge is 0.465 e. The summed E-state index contributed by atoms with van der Waals surface area (Å²) in [5.74, 6) is -2.20. The molecule has 0 heterocycles. The third-order valence-electron chi connectivity index (χ3n) is 3.47. The second-order valence-corrected chi connectivity index (χ2v) is 5.98. The zero-order valence-electron chi connectivity index (χ0n) is 13.1. The third-order valence-corrected chi connectivity index (χ3v) is 4.52. The minimum Gasteiger partial charge on any atom is -0.465 e. The maximum absolute atomic E-state index is 12.2. The summed E-state index contributed by atoms with van der Waals surface area (Å²) in [7, 11) is 0. The molecule has 122 valence electrons. The Kier molecular flexibility index (Phi) is 6.16. The minimum atomic E-state index is -1.03. The number of ether oxygens (including phenoxy) is 2. The van der Waals surface area contributed by atoms with E-state index in [9.17, 15) is 9.59 Å². The summed E-state index contributed by atoms with van der Waals surface area (Å²) in [5, 5.41) is 2.14. The van der Waals surface area contributed by atoms with Crippen molar-refractivity contribution in [1.82, 2.24) is 0 Å². The van der Waals surface area contributed by atoms with E-state index in [0.717, 1.165) is 16.3 Å². The Morgan fingerprint density at radius 3 is 2.09 bits per heavy atom. The lowest BCUT2D eigenvalue weighted by Gasteiger charge is -2.20. The zero-order chi connectivity index (χ0) is 16.8. The Bertz CT molecular complexity index is 680. The minimum absolute atomic E-state index is 0.214. The number of fused-ring (bicyclic) bond motifs is 1. The summed E-state index contributed by atoms with van der Waals surface area (Å²) >= 11 is 3.48. The normalized spacial score (nSPS) is 12.2. The summed E-state index contributed by atoms with van der Waals surface area (Å²) in [6.45, 7) is 3.84. The first-order valence-electron chi connectivity index (χ1n) is 7.54. The summed E-state index contributed by atoms with van der Waals surface area (Å²) in [5.41, 5.74) is 0.829. The molecule has 0 spiro atoms. The van der Waals surface area contributed by atoms with E-state index in [4.69, 9.17) is 9.47 Å². The van der Waals surface area contributed by atoms with Gasteiger partial charge in [0.25, 0.3) is 0 Å². The maximum Gasteiger partial charge on any atom is 0.321 e. The SMILES string of the molecule is CCOC(=O)C(C(=O)OCC)C(Br)c1ccc2ccccc2c1. The van der Waals surface area contributed by atoms with Crippen LogP contribution in [0.25, 0.3) is 10.8 Å². The fourth-order valence-corrected chi connectivity index (χ4v) is 3.09. The molecule has 2 aromatic carbocycles. The van der Waals surface area contributed by atoms with E-state index in [1.54, 1.807) is 13.8 Å². The highest BCUT2D eigenvalue weighted by molar-refractivity contribution is 9.09. The molecule has 0 aliphatic rings. The van der Waals surface area contributed by atoms with Crippen LogP contribution in [0.1, 0.15) is 24.2 Å². The predicted octanol–water partition coefficient (Wildman–Crippen LogP) is 4.02. The van der Waals surface area contributed by atoms with E-state index in [2.05, 4.69) is 15.9 Å². The third kappa shape index (κ3) is 4.10. The first kappa shape index (κ1) is 17.5. The Morgan fingerprint density at radius 2 is 1.52 bits per heavy atom. The fraction of sp³-hybridized carbons (Fsp3) is 0.333. The molecule has 0 radical (unpaired) electrons. The van der Waals surface area contributed by atoms with Gasteiger partial charge in [0.15, 0.2) is 5.92 Å². The van der Waals surface area contributed by atoms with E-state index < -0.39 is 22.7 Å². The molecule has 0 saturated carbocycles. The second-order valence-electron chi connectivity index (χ2n) is 4.99. The second kappa shape index (κ2) is 8.11. The highest BCUT2D eigenvalue weighted by atomic mass is 79.9. The number of hydrogen-bond acceptors (Lipinski definition) is 4. The molecule has 2 aromatic rings. The van der Waals surface area contributed by atoms with Crippen LogP contribution >= 0.6 is 15.9 Å². The van der Waals surface area contributed by atoms with Crippen molar-refractivity contribution in [2.24, 2.45) is 5.92 Å². The van der Waals surface area contributed by atoms with Crippen molar-refractivity contribution in [2.45, 2.75) is 18.7 Å². The Morgan fingerprint density at radius 1 is 0.957 bits per heavy atom. The predicted molar refractivity (Wildman–Crippen MR) is 92.4 cm³/mol.